The van der Waals surface area contributed by atoms with Gasteiger partial charge in [0, 0.05) is 30.7 Å². The second kappa shape index (κ2) is 4.67. The van der Waals surface area contributed by atoms with E-state index in [9.17, 15) is 0 Å². The molecular formula is C13H18N4. The topological polar surface area (TPSA) is 42.7 Å². The fourth-order valence-corrected chi connectivity index (χ4v) is 2.04. The van der Waals surface area contributed by atoms with Crippen molar-refractivity contribution in [2.45, 2.75) is 19.9 Å². The first-order chi connectivity index (χ1) is 8.13. The SMILES string of the molecule is CNC(c1cncc(C)c1)c1cnn(C)c1C. The number of aryl methyl sites for hydroxylation is 2. The molecule has 2 aromatic rings. The molecule has 0 radical (unpaired) electrons. The van der Waals surface area contributed by atoms with Crippen LogP contribution in [0.3, 0.4) is 0 Å². The molecule has 0 aromatic carbocycles. The Balaban J connectivity index is 2.44. The van der Waals surface area contributed by atoms with Gasteiger partial charge < -0.3 is 5.32 Å². The predicted molar refractivity (Wildman–Crippen MR) is 67.8 cm³/mol. The molecule has 90 valence electrons. The molecule has 0 fully saturated rings. The van der Waals surface area contributed by atoms with E-state index >= 15 is 0 Å². The lowest BCUT2D eigenvalue weighted by atomic mass is 10.0. The van der Waals surface area contributed by atoms with Crippen LogP contribution in [0.5, 0.6) is 0 Å². The zero-order chi connectivity index (χ0) is 12.4. The van der Waals surface area contributed by atoms with Crippen LogP contribution in [-0.2, 0) is 7.05 Å². The molecule has 2 heterocycles. The molecule has 4 nitrogen and oxygen atoms in total. The van der Waals surface area contributed by atoms with Crippen LogP contribution in [0.15, 0.2) is 24.7 Å². The average Bonchev–Trinajstić information content (AvgIpc) is 2.63. The zero-order valence-corrected chi connectivity index (χ0v) is 10.7. The van der Waals surface area contributed by atoms with E-state index in [0.29, 0.717) is 0 Å². The molecule has 4 heteroatoms. The molecule has 1 N–H and O–H groups in total. The van der Waals surface area contributed by atoms with Crippen LogP contribution in [0.4, 0.5) is 0 Å². The van der Waals surface area contributed by atoms with Crippen molar-refractivity contribution in [2.75, 3.05) is 7.05 Å². The van der Waals surface area contributed by atoms with Crippen molar-refractivity contribution < 1.29 is 0 Å². The van der Waals surface area contributed by atoms with Gasteiger partial charge in [0.25, 0.3) is 0 Å². The summed E-state index contributed by atoms with van der Waals surface area (Å²) >= 11 is 0. The summed E-state index contributed by atoms with van der Waals surface area (Å²) in [6, 6.07) is 2.30. The summed E-state index contributed by atoms with van der Waals surface area (Å²) in [6.07, 6.45) is 5.69. The van der Waals surface area contributed by atoms with Crippen LogP contribution in [0.1, 0.15) is 28.4 Å². The van der Waals surface area contributed by atoms with Crippen molar-refractivity contribution in [1.29, 1.82) is 0 Å². The maximum Gasteiger partial charge on any atom is 0.0623 e. The summed E-state index contributed by atoms with van der Waals surface area (Å²) < 4.78 is 1.89. The van der Waals surface area contributed by atoms with Gasteiger partial charge in [-0.05, 0) is 32.0 Å². The molecule has 1 unspecified atom stereocenters. The Hall–Kier alpha value is -1.68. The predicted octanol–water partition coefficient (Wildman–Crippen LogP) is 1.74. The van der Waals surface area contributed by atoms with Crippen LogP contribution in [-0.4, -0.2) is 21.8 Å². The Morgan fingerprint density at radius 3 is 2.53 bits per heavy atom. The minimum Gasteiger partial charge on any atom is -0.309 e. The molecule has 0 amide bonds. The number of pyridine rings is 1. The van der Waals surface area contributed by atoms with E-state index in [-0.39, 0.29) is 6.04 Å². The first-order valence-corrected chi connectivity index (χ1v) is 5.70. The van der Waals surface area contributed by atoms with E-state index < -0.39 is 0 Å². The van der Waals surface area contributed by atoms with E-state index in [1.165, 1.54) is 22.4 Å². The summed E-state index contributed by atoms with van der Waals surface area (Å²) in [4.78, 5) is 4.25. The molecule has 0 saturated heterocycles. The van der Waals surface area contributed by atoms with Gasteiger partial charge in [0.2, 0.25) is 0 Å². The number of hydrogen-bond donors (Lipinski definition) is 1. The number of hydrogen-bond acceptors (Lipinski definition) is 3. The molecule has 2 rings (SSSR count). The molecular weight excluding hydrogens is 212 g/mol. The van der Waals surface area contributed by atoms with Gasteiger partial charge in [-0.3, -0.25) is 9.67 Å². The smallest absolute Gasteiger partial charge is 0.0623 e. The molecule has 1 atom stereocenters. The number of nitrogens with zero attached hydrogens (tertiary/aromatic N) is 3. The maximum atomic E-state index is 4.29. The van der Waals surface area contributed by atoms with E-state index in [2.05, 4.69) is 35.3 Å². The molecule has 0 aliphatic rings. The summed E-state index contributed by atoms with van der Waals surface area (Å²) in [5.41, 5.74) is 4.71. The summed E-state index contributed by atoms with van der Waals surface area (Å²) in [5, 5.41) is 7.61. The van der Waals surface area contributed by atoms with Crippen molar-refractivity contribution >= 4 is 0 Å². The van der Waals surface area contributed by atoms with Gasteiger partial charge in [-0.2, -0.15) is 5.10 Å². The molecule has 17 heavy (non-hydrogen) atoms. The van der Waals surface area contributed by atoms with Crippen LogP contribution in [0, 0.1) is 13.8 Å². The van der Waals surface area contributed by atoms with Gasteiger partial charge >= 0.3 is 0 Å². The third-order valence-corrected chi connectivity index (χ3v) is 3.10. The highest BCUT2D eigenvalue weighted by Crippen LogP contribution is 2.23. The third-order valence-electron chi connectivity index (χ3n) is 3.10. The van der Waals surface area contributed by atoms with E-state index in [4.69, 9.17) is 0 Å². The van der Waals surface area contributed by atoms with Crippen molar-refractivity contribution in [2.24, 2.45) is 7.05 Å². The van der Waals surface area contributed by atoms with Crippen LogP contribution < -0.4 is 5.32 Å². The standard InChI is InChI=1S/C13H18N4/c1-9-5-11(7-15-6-9)13(14-3)12-8-16-17(4)10(12)2/h5-8,13-14H,1-4H3. The van der Waals surface area contributed by atoms with E-state index in [1.54, 1.807) is 0 Å². The Bertz CT molecular complexity index is 516. The fraction of sp³-hybridized carbons (Fsp3) is 0.385. The van der Waals surface area contributed by atoms with Crippen LogP contribution in [0.25, 0.3) is 0 Å². The Morgan fingerprint density at radius 1 is 1.24 bits per heavy atom. The Morgan fingerprint density at radius 2 is 2.00 bits per heavy atom. The molecule has 0 spiro atoms. The minimum absolute atomic E-state index is 0.149. The highest BCUT2D eigenvalue weighted by atomic mass is 15.3. The van der Waals surface area contributed by atoms with Gasteiger partial charge in [0.1, 0.15) is 0 Å². The first kappa shape index (κ1) is 11.8. The van der Waals surface area contributed by atoms with Gasteiger partial charge in [-0.1, -0.05) is 6.07 Å². The lowest BCUT2D eigenvalue weighted by Crippen LogP contribution is -2.18. The Kier molecular flexibility index (Phi) is 3.24. The van der Waals surface area contributed by atoms with Gasteiger partial charge in [-0.25, -0.2) is 0 Å². The first-order valence-electron chi connectivity index (χ1n) is 5.70. The van der Waals surface area contributed by atoms with Gasteiger partial charge in [-0.15, -0.1) is 0 Å². The molecule has 0 bridgehead atoms. The summed E-state index contributed by atoms with van der Waals surface area (Å²) in [7, 11) is 3.92. The number of aromatic nitrogens is 3. The van der Waals surface area contributed by atoms with Crippen molar-refractivity contribution in [3.8, 4) is 0 Å². The quantitative estimate of drug-likeness (QED) is 0.873. The number of nitrogens with one attached hydrogen (secondary N) is 1. The minimum atomic E-state index is 0.149. The highest BCUT2D eigenvalue weighted by molar-refractivity contribution is 5.32. The normalized spacial score (nSPS) is 12.7. The highest BCUT2D eigenvalue weighted by Gasteiger charge is 2.17. The van der Waals surface area contributed by atoms with Crippen molar-refractivity contribution in [3.63, 3.8) is 0 Å². The largest absolute Gasteiger partial charge is 0.309 e. The third kappa shape index (κ3) is 2.22. The van der Waals surface area contributed by atoms with Gasteiger partial charge in [0.15, 0.2) is 0 Å². The second-order valence-electron chi connectivity index (χ2n) is 4.33. The van der Waals surface area contributed by atoms with E-state index in [1.807, 2.05) is 37.4 Å². The lowest BCUT2D eigenvalue weighted by Gasteiger charge is -2.16. The molecule has 0 saturated carbocycles. The lowest BCUT2D eigenvalue weighted by molar-refractivity contribution is 0.676. The van der Waals surface area contributed by atoms with Crippen LogP contribution in [0.2, 0.25) is 0 Å². The fourth-order valence-electron chi connectivity index (χ4n) is 2.04. The maximum absolute atomic E-state index is 4.29. The van der Waals surface area contributed by atoms with Crippen molar-refractivity contribution in [3.05, 3.63) is 47.0 Å². The summed E-state index contributed by atoms with van der Waals surface area (Å²) in [5.74, 6) is 0. The summed E-state index contributed by atoms with van der Waals surface area (Å²) in [6.45, 7) is 4.13. The Labute approximate surface area is 102 Å². The molecule has 0 aliphatic carbocycles. The zero-order valence-electron chi connectivity index (χ0n) is 10.7. The van der Waals surface area contributed by atoms with Gasteiger partial charge in [0.05, 0.1) is 12.2 Å². The molecule has 2 aromatic heterocycles. The monoisotopic (exact) mass is 230 g/mol. The number of rotatable bonds is 3. The second-order valence-corrected chi connectivity index (χ2v) is 4.33. The van der Waals surface area contributed by atoms with Crippen LogP contribution >= 0.6 is 0 Å². The molecule has 0 aliphatic heterocycles. The average molecular weight is 230 g/mol. The van der Waals surface area contributed by atoms with E-state index in [0.717, 1.165) is 0 Å². The van der Waals surface area contributed by atoms with Crippen molar-refractivity contribution in [1.82, 2.24) is 20.1 Å².